The lowest BCUT2D eigenvalue weighted by Gasteiger charge is -2.38. The van der Waals surface area contributed by atoms with Gasteiger partial charge >= 0.3 is 6.09 Å². The van der Waals surface area contributed by atoms with Gasteiger partial charge in [-0.05, 0) is 32.4 Å². The van der Waals surface area contributed by atoms with Crippen molar-refractivity contribution < 1.29 is 9.53 Å². The Hall–Kier alpha value is -0.770. The Morgan fingerprint density at radius 2 is 2.31 bits per heavy atom. The lowest BCUT2D eigenvalue weighted by molar-refractivity contribution is 0.0641. The molecule has 0 aromatic carbocycles. The number of methoxy groups -OCH3 is 1. The number of hydrogen-bond acceptors (Lipinski definition) is 3. The zero-order chi connectivity index (χ0) is 9.68. The fourth-order valence-electron chi connectivity index (χ4n) is 1.60. The van der Waals surface area contributed by atoms with Crippen molar-refractivity contribution in [3.63, 3.8) is 0 Å². The lowest BCUT2D eigenvalue weighted by atomic mass is 9.95. The number of carbonyl (C=O) groups excluding carboxylic acids is 1. The van der Waals surface area contributed by atoms with Crippen molar-refractivity contribution in [2.45, 2.75) is 12.8 Å². The van der Waals surface area contributed by atoms with Gasteiger partial charge in [-0.1, -0.05) is 0 Å². The third kappa shape index (κ3) is 2.88. The molecule has 0 unspecified atom stereocenters. The average molecular weight is 186 g/mol. The van der Waals surface area contributed by atoms with Gasteiger partial charge in [0.15, 0.2) is 0 Å². The number of nitrogens with zero attached hydrogens (tertiary/aromatic N) is 1. The van der Waals surface area contributed by atoms with Crippen LogP contribution in [0, 0.1) is 5.92 Å². The van der Waals surface area contributed by atoms with Gasteiger partial charge in [0, 0.05) is 13.1 Å². The monoisotopic (exact) mass is 186 g/mol. The molecule has 4 nitrogen and oxygen atoms in total. The van der Waals surface area contributed by atoms with Crippen LogP contribution in [0.4, 0.5) is 4.79 Å². The van der Waals surface area contributed by atoms with E-state index >= 15 is 0 Å². The Morgan fingerprint density at radius 3 is 2.85 bits per heavy atom. The third-order valence-corrected chi connectivity index (χ3v) is 2.43. The molecule has 0 aromatic heterocycles. The smallest absolute Gasteiger partial charge is 0.409 e. The van der Waals surface area contributed by atoms with Crippen LogP contribution in [-0.2, 0) is 4.74 Å². The Bertz CT molecular complexity index is 167. The predicted molar refractivity (Wildman–Crippen MR) is 50.6 cm³/mol. The second-order valence-electron chi connectivity index (χ2n) is 3.49. The Kier molecular flexibility index (Phi) is 4.02. The zero-order valence-electron chi connectivity index (χ0n) is 8.38. The summed E-state index contributed by atoms with van der Waals surface area (Å²) in [5, 5.41) is 3.11. The van der Waals surface area contributed by atoms with Crippen molar-refractivity contribution in [3.05, 3.63) is 0 Å². The van der Waals surface area contributed by atoms with E-state index in [1.54, 1.807) is 4.90 Å². The molecule has 0 radical (unpaired) electrons. The molecule has 1 fully saturated rings. The van der Waals surface area contributed by atoms with Gasteiger partial charge in [0.25, 0.3) is 0 Å². The molecule has 1 amide bonds. The first-order chi connectivity index (χ1) is 6.27. The number of amides is 1. The van der Waals surface area contributed by atoms with Crippen LogP contribution in [0.1, 0.15) is 12.8 Å². The van der Waals surface area contributed by atoms with Gasteiger partial charge in [-0.3, -0.25) is 0 Å². The highest BCUT2D eigenvalue weighted by Gasteiger charge is 2.30. The number of hydrogen-bond donors (Lipinski definition) is 1. The normalized spacial score (nSPS) is 16.9. The van der Waals surface area contributed by atoms with E-state index in [0.29, 0.717) is 5.92 Å². The van der Waals surface area contributed by atoms with Crippen LogP contribution in [0.15, 0.2) is 0 Å². The summed E-state index contributed by atoms with van der Waals surface area (Å²) in [4.78, 5) is 12.7. The van der Waals surface area contributed by atoms with E-state index in [4.69, 9.17) is 0 Å². The lowest BCUT2D eigenvalue weighted by Crippen LogP contribution is -2.49. The van der Waals surface area contributed by atoms with Crippen molar-refractivity contribution in [3.8, 4) is 0 Å². The first-order valence-corrected chi connectivity index (χ1v) is 4.75. The summed E-state index contributed by atoms with van der Waals surface area (Å²) in [6.45, 7) is 2.81. The number of likely N-dealkylation sites (tertiary alicyclic amines) is 1. The second kappa shape index (κ2) is 5.07. The second-order valence-corrected chi connectivity index (χ2v) is 3.49. The minimum absolute atomic E-state index is 0.190. The quantitative estimate of drug-likeness (QED) is 0.657. The maximum Gasteiger partial charge on any atom is 0.409 e. The van der Waals surface area contributed by atoms with Gasteiger partial charge in [-0.15, -0.1) is 0 Å². The van der Waals surface area contributed by atoms with E-state index in [1.165, 1.54) is 20.0 Å². The van der Waals surface area contributed by atoms with E-state index in [2.05, 4.69) is 10.1 Å². The molecule has 0 aromatic rings. The topological polar surface area (TPSA) is 41.6 Å². The maximum atomic E-state index is 11.0. The van der Waals surface area contributed by atoms with Gasteiger partial charge in [-0.25, -0.2) is 4.79 Å². The molecule has 0 spiro atoms. The van der Waals surface area contributed by atoms with Crippen LogP contribution in [-0.4, -0.2) is 44.8 Å². The van der Waals surface area contributed by atoms with Crippen LogP contribution in [0.25, 0.3) is 0 Å². The highest BCUT2D eigenvalue weighted by Crippen LogP contribution is 2.20. The average Bonchev–Trinajstić information content (AvgIpc) is 2.08. The fourth-order valence-corrected chi connectivity index (χ4v) is 1.60. The van der Waals surface area contributed by atoms with Gasteiger partial charge in [0.2, 0.25) is 0 Å². The molecule has 4 heteroatoms. The van der Waals surface area contributed by atoms with Crippen molar-refractivity contribution >= 4 is 6.09 Å². The SMILES string of the molecule is CNCCCC1CN(C(=O)OC)C1. The molecule has 1 heterocycles. The molecule has 1 rings (SSSR count). The van der Waals surface area contributed by atoms with Gasteiger partial charge in [0.05, 0.1) is 7.11 Å². The summed E-state index contributed by atoms with van der Waals surface area (Å²) >= 11 is 0. The van der Waals surface area contributed by atoms with E-state index in [-0.39, 0.29) is 6.09 Å². The molecule has 1 aliphatic rings. The Balaban J connectivity index is 2.01. The van der Waals surface area contributed by atoms with Gasteiger partial charge in [0.1, 0.15) is 0 Å². The van der Waals surface area contributed by atoms with E-state index < -0.39 is 0 Å². The first kappa shape index (κ1) is 10.3. The summed E-state index contributed by atoms with van der Waals surface area (Å²) in [5.41, 5.74) is 0. The largest absolute Gasteiger partial charge is 0.453 e. The summed E-state index contributed by atoms with van der Waals surface area (Å²) in [6, 6.07) is 0. The number of nitrogens with one attached hydrogen (secondary N) is 1. The fraction of sp³-hybridized carbons (Fsp3) is 0.889. The molecule has 76 valence electrons. The third-order valence-electron chi connectivity index (χ3n) is 2.43. The minimum atomic E-state index is -0.190. The zero-order valence-corrected chi connectivity index (χ0v) is 8.38. The van der Waals surface area contributed by atoms with E-state index in [1.807, 2.05) is 7.05 Å². The summed E-state index contributed by atoms with van der Waals surface area (Å²) < 4.78 is 4.60. The highest BCUT2D eigenvalue weighted by molar-refractivity contribution is 5.68. The van der Waals surface area contributed by atoms with Crippen LogP contribution < -0.4 is 5.32 Å². The number of ether oxygens (including phenoxy) is 1. The number of rotatable bonds is 4. The Morgan fingerprint density at radius 1 is 1.62 bits per heavy atom. The van der Waals surface area contributed by atoms with Crippen molar-refractivity contribution in [1.82, 2.24) is 10.2 Å². The van der Waals surface area contributed by atoms with Crippen LogP contribution in [0.5, 0.6) is 0 Å². The van der Waals surface area contributed by atoms with Crippen LogP contribution in [0.2, 0.25) is 0 Å². The van der Waals surface area contributed by atoms with Gasteiger partial charge < -0.3 is 15.0 Å². The van der Waals surface area contributed by atoms with Crippen molar-refractivity contribution in [2.24, 2.45) is 5.92 Å². The summed E-state index contributed by atoms with van der Waals surface area (Å²) in [7, 11) is 3.39. The van der Waals surface area contributed by atoms with E-state index in [0.717, 1.165) is 19.6 Å². The first-order valence-electron chi connectivity index (χ1n) is 4.75. The maximum absolute atomic E-state index is 11.0. The Labute approximate surface area is 79.2 Å². The van der Waals surface area contributed by atoms with Gasteiger partial charge in [-0.2, -0.15) is 0 Å². The van der Waals surface area contributed by atoms with Crippen molar-refractivity contribution in [1.29, 1.82) is 0 Å². The predicted octanol–water partition coefficient (Wildman–Crippen LogP) is 0.684. The molecular weight excluding hydrogens is 168 g/mol. The number of carbonyl (C=O) groups is 1. The summed E-state index contributed by atoms with van der Waals surface area (Å²) in [6.07, 6.45) is 2.20. The molecule has 0 saturated carbocycles. The van der Waals surface area contributed by atoms with E-state index in [9.17, 15) is 4.79 Å². The van der Waals surface area contributed by atoms with Crippen LogP contribution >= 0.6 is 0 Å². The molecule has 13 heavy (non-hydrogen) atoms. The van der Waals surface area contributed by atoms with Crippen molar-refractivity contribution in [2.75, 3.05) is 33.8 Å². The molecule has 1 saturated heterocycles. The molecule has 1 aliphatic heterocycles. The molecule has 0 bridgehead atoms. The molecular formula is C9H18N2O2. The van der Waals surface area contributed by atoms with Crippen LogP contribution in [0.3, 0.4) is 0 Å². The minimum Gasteiger partial charge on any atom is -0.453 e. The summed E-state index contributed by atoms with van der Waals surface area (Å²) in [5.74, 6) is 0.687. The standard InChI is InChI=1S/C9H18N2O2/c1-10-5-3-4-8-6-11(7-8)9(12)13-2/h8,10H,3-7H2,1-2H3. The highest BCUT2D eigenvalue weighted by atomic mass is 16.5. The molecule has 1 N–H and O–H groups in total. The molecule has 0 aliphatic carbocycles. The molecule has 0 atom stereocenters.